The summed E-state index contributed by atoms with van der Waals surface area (Å²) in [6.45, 7) is 6.60. The molecule has 3 heteroatoms. The van der Waals surface area contributed by atoms with Gasteiger partial charge in [0.25, 0.3) is 0 Å². The van der Waals surface area contributed by atoms with E-state index in [2.05, 4.69) is 17.2 Å². The Bertz CT molecular complexity index is 458. The fraction of sp³-hybridized carbons (Fsp3) is 0.400. The summed E-state index contributed by atoms with van der Waals surface area (Å²) in [6.07, 6.45) is 0. The van der Waals surface area contributed by atoms with Crippen LogP contribution in [0.2, 0.25) is 0 Å². The van der Waals surface area contributed by atoms with E-state index in [9.17, 15) is 4.79 Å². The van der Waals surface area contributed by atoms with Crippen LogP contribution in [0.4, 0.5) is 0 Å². The summed E-state index contributed by atoms with van der Waals surface area (Å²) < 4.78 is 0. The summed E-state index contributed by atoms with van der Waals surface area (Å²) in [5.41, 5.74) is 6.95. The minimum Gasteiger partial charge on any atom is -0.352 e. The van der Waals surface area contributed by atoms with Gasteiger partial charge in [0.15, 0.2) is 0 Å². The molecule has 0 unspecified atom stereocenters. The number of benzene rings is 1. The first-order chi connectivity index (χ1) is 8.43. The number of rotatable bonds is 2. The minimum atomic E-state index is -0.355. The van der Waals surface area contributed by atoms with E-state index in [-0.39, 0.29) is 11.3 Å². The molecule has 0 heterocycles. The molecular formula is C15H20N2O. The lowest BCUT2D eigenvalue weighted by Gasteiger charge is -2.17. The van der Waals surface area contributed by atoms with Gasteiger partial charge in [0.1, 0.15) is 0 Å². The zero-order valence-corrected chi connectivity index (χ0v) is 11.2. The van der Waals surface area contributed by atoms with E-state index < -0.39 is 0 Å². The number of carbonyl (C=O) groups is 1. The predicted molar refractivity (Wildman–Crippen MR) is 73.7 cm³/mol. The number of carbonyl (C=O) groups excluding carboxylic acids is 1. The van der Waals surface area contributed by atoms with Gasteiger partial charge < -0.3 is 11.1 Å². The number of nitrogens with one attached hydrogen (secondary N) is 1. The van der Waals surface area contributed by atoms with Crippen molar-refractivity contribution in [2.75, 3.05) is 6.54 Å². The molecule has 0 saturated carbocycles. The van der Waals surface area contributed by atoms with Gasteiger partial charge in [0, 0.05) is 17.5 Å². The van der Waals surface area contributed by atoms with Crippen molar-refractivity contribution in [1.29, 1.82) is 0 Å². The van der Waals surface area contributed by atoms with Crippen LogP contribution in [-0.4, -0.2) is 12.5 Å². The van der Waals surface area contributed by atoms with Crippen LogP contribution in [-0.2, 0) is 11.3 Å². The second-order valence-electron chi connectivity index (χ2n) is 5.14. The Kier molecular flexibility index (Phi) is 4.94. The summed E-state index contributed by atoms with van der Waals surface area (Å²) in [5, 5.41) is 2.91. The molecule has 0 aliphatic rings. The molecule has 0 aromatic heterocycles. The lowest BCUT2D eigenvalue weighted by atomic mass is 9.95. The maximum atomic E-state index is 11.7. The molecular weight excluding hydrogens is 224 g/mol. The summed E-state index contributed by atoms with van der Waals surface area (Å²) in [6, 6.07) is 7.79. The van der Waals surface area contributed by atoms with Crippen molar-refractivity contribution in [1.82, 2.24) is 5.32 Å². The summed E-state index contributed by atoms with van der Waals surface area (Å²) in [4.78, 5) is 11.7. The van der Waals surface area contributed by atoms with E-state index in [4.69, 9.17) is 5.73 Å². The van der Waals surface area contributed by atoms with Crippen LogP contribution < -0.4 is 11.1 Å². The van der Waals surface area contributed by atoms with Gasteiger partial charge in [-0.25, -0.2) is 0 Å². The summed E-state index contributed by atoms with van der Waals surface area (Å²) in [7, 11) is 0. The maximum Gasteiger partial charge on any atom is 0.225 e. The molecule has 0 aliphatic carbocycles. The molecule has 1 aromatic rings. The molecule has 0 bridgehead atoms. The molecule has 3 nitrogen and oxygen atoms in total. The number of nitrogens with two attached hydrogens (primary N) is 1. The maximum absolute atomic E-state index is 11.7. The third-order valence-corrected chi connectivity index (χ3v) is 2.42. The predicted octanol–water partition coefficient (Wildman–Crippen LogP) is 1.66. The highest BCUT2D eigenvalue weighted by Crippen LogP contribution is 2.13. The van der Waals surface area contributed by atoms with Gasteiger partial charge in [-0.2, -0.15) is 0 Å². The second-order valence-corrected chi connectivity index (χ2v) is 5.14. The molecule has 0 atom stereocenters. The molecule has 1 rings (SSSR count). The van der Waals surface area contributed by atoms with Gasteiger partial charge in [0.2, 0.25) is 5.91 Å². The molecule has 96 valence electrons. The van der Waals surface area contributed by atoms with Crippen LogP contribution in [0.3, 0.4) is 0 Å². The number of hydrogen-bond acceptors (Lipinski definition) is 2. The van der Waals surface area contributed by atoms with Crippen molar-refractivity contribution in [3.05, 3.63) is 35.4 Å². The fourth-order valence-electron chi connectivity index (χ4n) is 1.31. The zero-order chi connectivity index (χ0) is 13.6. The van der Waals surface area contributed by atoms with Crippen LogP contribution in [0.15, 0.2) is 24.3 Å². The van der Waals surface area contributed by atoms with Gasteiger partial charge in [0.05, 0.1) is 6.54 Å². The molecule has 0 fully saturated rings. The first-order valence-electron chi connectivity index (χ1n) is 5.99. The molecule has 1 aromatic carbocycles. The van der Waals surface area contributed by atoms with Crippen molar-refractivity contribution in [3.8, 4) is 11.8 Å². The number of hydrogen-bond donors (Lipinski definition) is 2. The Morgan fingerprint density at radius 2 is 1.89 bits per heavy atom. The fourth-order valence-corrected chi connectivity index (χ4v) is 1.31. The molecule has 0 aliphatic heterocycles. The lowest BCUT2D eigenvalue weighted by molar-refractivity contribution is -0.128. The highest BCUT2D eigenvalue weighted by molar-refractivity contribution is 5.81. The zero-order valence-electron chi connectivity index (χ0n) is 11.2. The van der Waals surface area contributed by atoms with Crippen LogP contribution in [0.25, 0.3) is 0 Å². The van der Waals surface area contributed by atoms with Crippen molar-refractivity contribution in [3.63, 3.8) is 0 Å². The Labute approximate surface area is 109 Å². The molecule has 0 saturated heterocycles. The molecule has 18 heavy (non-hydrogen) atoms. The quantitative estimate of drug-likeness (QED) is 0.777. The smallest absolute Gasteiger partial charge is 0.225 e. The van der Waals surface area contributed by atoms with E-state index in [1.165, 1.54) is 0 Å². The van der Waals surface area contributed by atoms with Crippen molar-refractivity contribution < 1.29 is 4.79 Å². The summed E-state index contributed by atoms with van der Waals surface area (Å²) >= 11 is 0. The Hall–Kier alpha value is -1.79. The minimum absolute atomic E-state index is 0.0505. The van der Waals surface area contributed by atoms with E-state index in [0.29, 0.717) is 13.1 Å². The van der Waals surface area contributed by atoms with Crippen molar-refractivity contribution >= 4 is 5.91 Å². The topological polar surface area (TPSA) is 55.1 Å². The normalized spacial score (nSPS) is 10.4. The second kappa shape index (κ2) is 6.23. The third kappa shape index (κ3) is 4.60. The van der Waals surface area contributed by atoms with Gasteiger partial charge in [-0.1, -0.05) is 44.7 Å². The molecule has 0 radical (unpaired) electrons. The lowest BCUT2D eigenvalue weighted by Crippen LogP contribution is -2.34. The van der Waals surface area contributed by atoms with Crippen molar-refractivity contribution in [2.45, 2.75) is 27.3 Å². The van der Waals surface area contributed by atoms with Crippen molar-refractivity contribution in [2.24, 2.45) is 11.1 Å². The van der Waals surface area contributed by atoms with Gasteiger partial charge >= 0.3 is 0 Å². The highest BCUT2D eigenvalue weighted by atomic mass is 16.2. The highest BCUT2D eigenvalue weighted by Gasteiger charge is 2.20. The standard InChI is InChI=1S/C15H20N2O/c1-15(2,3)14(18)17-11-13-8-6-12(7-9-13)5-4-10-16/h6-9H,10-11,16H2,1-3H3,(H,17,18). The largest absolute Gasteiger partial charge is 0.352 e. The van der Waals surface area contributed by atoms with Crippen LogP contribution >= 0.6 is 0 Å². The van der Waals surface area contributed by atoms with Crippen LogP contribution in [0, 0.1) is 17.3 Å². The molecule has 0 spiro atoms. The van der Waals surface area contributed by atoms with Crippen LogP contribution in [0.5, 0.6) is 0 Å². The Morgan fingerprint density at radius 3 is 2.39 bits per heavy atom. The Balaban J connectivity index is 2.57. The SMILES string of the molecule is CC(C)(C)C(=O)NCc1ccc(C#CCN)cc1. The van der Waals surface area contributed by atoms with E-state index >= 15 is 0 Å². The first-order valence-corrected chi connectivity index (χ1v) is 5.99. The van der Waals surface area contributed by atoms with Gasteiger partial charge in [-0.15, -0.1) is 0 Å². The van der Waals surface area contributed by atoms with E-state index in [1.807, 2.05) is 45.0 Å². The van der Waals surface area contributed by atoms with Crippen LogP contribution in [0.1, 0.15) is 31.9 Å². The molecule has 3 N–H and O–H groups in total. The van der Waals surface area contributed by atoms with E-state index in [0.717, 1.165) is 11.1 Å². The third-order valence-electron chi connectivity index (χ3n) is 2.42. The average Bonchev–Trinajstić information content (AvgIpc) is 2.33. The summed E-state index contributed by atoms with van der Waals surface area (Å²) in [5.74, 6) is 5.81. The van der Waals surface area contributed by atoms with Gasteiger partial charge in [-0.05, 0) is 17.7 Å². The Morgan fingerprint density at radius 1 is 1.28 bits per heavy atom. The molecule has 1 amide bonds. The first kappa shape index (κ1) is 14.3. The van der Waals surface area contributed by atoms with E-state index in [1.54, 1.807) is 0 Å². The average molecular weight is 244 g/mol. The van der Waals surface area contributed by atoms with Gasteiger partial charge in [-0.3, -0.25) is 4.79 Å². The number of amides is 1. The monoisotopic (exact) mass is 244 g/mol.